The highest BCUT2D eigenvalue weighted by Crippen LogP contribution is 2.14. The van der Waals surface area contributed by atoms with E-state index in [0.29, 0.717) is 31.6 Å². The van der Waals surface area contributed by atoms with Crippen LogP contribution in [0.15, 0.2) is 30.7 Å². The Morgan fingerprint density at radius 3 is 2.96 bits per heavy atom. The Kier molecular flexibility index (Phi) is 4.49. The van der Waals surface area contributed by atoms with Crippen molar-refractivity contribution in [2.24, 2.45) is 0 Å². The van der Waals surface area contributed by atoms with E-state index in [4.69, 9.17) is 0 Å². The third-order valence-electron chi connectivity index (χ3n) is 4.65. The van der Waals surface area contributed by atoms with E-state index in [-0.39, 0.29) is 5.91 Å². The summed E-state index contributed by atoms with van der Waals surface area (Å²) in [6, 6.07) is 5.76. The van der Waals surface area contributed by atoms with Crippen molar-refractivity contribution in [3.63, 3.8) is 0 Å². The quantitative estimate of drug-likeness (QED) is 0.549. The van der Waals surface area contributed by atoms with Crippen molar-refractivity contribution in [2.75, 3.05) is 6.54 Å². The lowest BCUT2D eigenvalue weighted by atomic mass is 10.1. The summed E-state index contributed by atoms with van der Waals surface area (Å²) in [7, 11) is 0. The summed E-state index contributed by atoms with van der Waals surface area (Å²) in [5, 5.41) is 15.4. The first-order valence-corrected chi connectivity index (χ1v) is 8.84. The molecule has 4 rings (SSSR count). The summed E-state index contributed by atoms with van der Waals surface area (Å²) in [4.78, 5) is 20.8. The minimum atomic E-state index is 0.00121. The number of hydrogen-bond donors (Lipinski definition) is 1. The van der Waals surface area contributed by atoms with E-state index in [0.717, 1.165) is 28.4 Å². The van der Waals surface area contributed by atoms with Gasteiger partial charge in [0.1, 0.15) is 12.2 Å². The number of rotatable bonds is 6. The molecule has 0 fully saturated rings. The van der Waals surface area contributed by atoms with Crippen LogP contribution in [-0.2, 0) is 17.6 Å². The zero-order valence-corrected chi connectivity index (χ0v) is 15.3. The molecule has 0 atom stereocenters. The molecule has 0 saturated heterocycles. The van der Waals surface area contributed by atoms with Gasteiger partial charge in [0.25, 0.3) is 5.78 Å². The van der Waals surface area contributed by atoms with Crippen molar-refractivity contribution in [2.45, 2.75) is 33.1 Å². The lowest BCUT2D eigenvalue weighted by Gasteiger charge is -2.10. The molecule has 0 radical (unpaired) electrons. The van der Waals surface area contributed by atoms with E-state index >= 15 is 0 Å². The molecule has 27 heavy (non-hydrogen) atoms. The third kappa shape index (κ3) is 3.35. The Bertz CT molecular complexity index is 1110. The van der Waals surface area contributed by atoms with Gasteiger partial charge in [-0.25, -0.2) is 9.50 Å². The SMILES string of the molecule is Cc1nc2ncnn2c(C)c1CCC(=O)NCCc1nnc2ccccn12. The second-order valence-electron chi connectivity index (χ2n) is 6.38. The minimum Gasteiger partial charge on any atom is -0.356 e. The summed E-state index contributed by atoms with van der Waals surface area (Å²) in [5.41, 5.74) is 3.70. The Balaban J connectivity index is 1.34. The Hall–Kier alpha value is -3.36. The van der Waals surface area contributed by atoms with Crippen LogP contribution in [0.3, 0.4) is 0 Å². The molecule has 0 aliphatic heterocycles. The van der Waals surface area contributed by atoms with Crippen LogP contribution in [0, 0.1) is 13.8 Å². The van der Waals surface area contributed by atoms with Gasteiger partial charge in [-0.05, 0) is 38.0 Å². The van der Waals surface area contributed by atoms with E-state index in [1.165, 1.54) is 6.33 Å². The molecule has 0 saturated carbocycles. The zero-order valence-electron chi connectivity index (χ0n) is 15.3. The monoisotopic (exact) mass is 364 g/mol. The molecular formula is C18H20N8O. The van der Waals surface area contributed by atoms with Crippen molar-refractivity contribution in [1.29, 1.82) is 0 Å². The van der Waals surface area contributed by atoms with Crippen LogP contribution in [0.5, 0.6) is 0 Å². The highest BCUT2D eigenvalue weighted by molar-refractivity contribution is 5.76. The van der Waals surface area contributed by atoms with Crippen molar-refractivity contribution >= 4 is 17.3 Å². The number of aryl methyl sites for hydroxylation is 2. The van der Waals surface area contributed by atoms with Gasteiger partial charge in [-0.3, -0.25) is 9.20 Å². The molecule has 4 heterocycles. The van der Waals surface area contributed by atoms with Gasteiger partial charge < -0.3 is 5.32 Å². The Morgan fingerprint density at radius 1 is 1.19 bits per heavy atom. The van der Waals surface area contributed by atoms with Gasteiger partial charge in [0.15, 0.2) is 5.65 Å². The first-order chi connectivity index (χ1) is 13.1. The van der Waals surface area contributed by atoms with Crippen molar-refractivity contribution in [1.82, 2.24) is 39.5 Å². The van der Waals surface area contributed by atoms with E-state index in [1.54, 1.807) is 4.52 Å². The first-order valence-electron chi connectivity index (χ1n) is 8.84. The number of carbonyl (C=O) groups excluding carboxylic acids is 1. The fraction of sp³-hybridized carbons (Fsp3) is 0.333. The summed E-state index contributed by atoms with van der Waals surface area (Å²) in [6.07, 6.45) is 5.04. The molecule has 1 N–H and O–H groups in total. The van der Waals surface area contributed by atoms with Gasteiger partial charge in [-0.2, -0.15) is 10.1 Å². The average Bonchev–Trinajstić information content (AvgIpc) is 3.29. The standard InChI is InChI=1S/C18H20N8O/c1-12-14(13(2)26-18(22-12)20-11-21-26)6-7-17(27)19-9-8-16-24-23-15-5-3-4-10-25(15)16/h3-5,10-11H,6-9H2,1-2H3,(H,19,27). The van der Waals surface area contributed by atoms with E-state index in [9.17, 15) is 4.79 Å². The molecule has 0 aliphatic rings. The molecule has 9 heteroatoms. The molecule has 0 unspecified atom stereocenters. The number of aromatic nitrogens is 7. The fourth-order valence-electron chi connectivity index (χ4n) is 3.22. The number of pyridine rings is 1. The molecule has 4 aromatic rings. The van der Waals surface area contributed by atoms with Crippen LogP contribution >= 0.6 is 0 Å². The second kappa shape index (κ2) is 7.10. The minimum absolute atomic E-state index is 0.00121. The average molecular weight is 364 g/mol. The van der Waals surface area contributed by atoms with Crippen molar-refractivity contribution in [3.8, 4) is 0 Å². The maximum absolute atomic E-state index is 12.2. The number of nitrogens with one attached hydrogen (secondary N) is 1. The van der Waals surface area contributed by atoms with Crippen LogP contribution in [0.25, 0.3) is 11.4 Å². The molecule has 0 bridgehead atoms. The van der Waals surface area contributed by atoms with E-state index in [2.05, 4.69) is 30.6 Å². The predicted molar refractivity (Wildman–Crippen MR) is 98.3 cm³/mol. The van der Waals surface area contributed by atoms with E-state index in [1.807, 2.05) is 42.6 Å². The van der Waals surface area contributed by atoms with Crippen LogP contribution in [0.2, 0.25) is 0 Å². The van der Waals surface area contributed by atoms with Crippen LogP contribution < -0.4 is 5.32 Å². The van der Waals surface area contributed by atoms with Gasteiger partial charge in [0, 0.05) is 37.0 Å². The predicted octanol–water partition coefficient (Wildman–Crippen LogP) is 1.08. The number of amides is 1. The van der Waals surface area contributed by atoms with E-state index < -0.39 is 0 Å². The number of nitrogens with zero attached hydrogens (tertiary/aromatic N) is 7. The van der Waals surface area contributed by atoms with Gasteiger partial charge in [0.05, 0.1) is 0 Å². The highest BCUT2D eigenvalue weighted by Gasteiger charge is 2.12. The lowest BCUT2D eigenvalue weighted by molar-refractivity contribution is -0.121. The van der Waals surface area contributed by atoms with Gasteiger partial charge in [0.2, 0.25) is 5.91 Å². The molecule has 138 valence electrons. The van der Waals surface area contributed by atoms with Gasteiger partial charge in [-0.1, -0.05) is 6.07 Å². The third-order valence-corrected chi connectivity index (χ3v) is 4.65. The lowest BCUT2D eigenvalue weighted by Crippen LogP contribution is -2.26. The maximum Gasteiger partial charge on any atom is 0.252 e. The number of hydrogen-bond acceptors (Lipinski definition) is 6. The van der Waals surface area contributed by atoms with Crippen molar-refractivity contribution < 1.29 is 4.79 Å². The maximum atomic E-state index is 12.2. The normalized spacial score (nSPS) is 11.3. The topological polar surface area (TPSA) is 102 Å². The second-order valence-corrected chi connectivity index (χ2v) is 6.38. The van der Waals surface area contributed by atoms with Crippen LogP contribution in [-0.4, -0.2) is 46.6 Å². The molecule has 9 nitrogen and oxygen atoms in total. The molecular weight excluding hydrogens is 344 g/mol. The molecule has 1 amide bonds. The van der Waals surface area contributed by atoms with Crippen LogP contribution in [0.4, 0.5) is 0 Å². The molecule has 4 aromatic heterocycles. The fourth-order valence-corrected chi connectivity index (χ4v) is 3.22. The summed E-state index contributed by atoms with van der Waals surface area (Å²) in [6.45, 7) is 4.43. The summed E-state index contributed by atoms with van der Waals surface area (Å²) < 4.78 is 3.63. The van der Waals surface area contributed by atoms with Crippen molar-refractivity contribution in [3.05, 3.63) is 53.5 Å². The zero-order chi connectivity index (χ0) is 18.8. The highest BCUT2D eigenvalue weighted by atomic mass is 16.1. The molecule has 0 aliphatic carbocycles. The Morgan fingerprint density at radius 2 is 2.07 bits per heavy atom. The van der Waals surface area contributed by atoms with Crippen LogP contribution in [0.1, 0.15) is 29.2 Å². The Labute approximate surface area is 155 Å². The summed E-state index contributed by atoms with van der Waals surface area (Å²) >= 11 is 0. The molecule has 0 aromatic carbocycles. The first kappa shape index (κ1) is 17.1. The number of carbonyl (C=O) groups is 1. The molecule has 0 spiro atoms. The van der Waals surface area contributed by atoms with Gasteiger partial charge in [-0.15, -0.1) is 10.2 Å². The summed E-state index contributed by atoms with van der Waals surface area (Å²) in [5.74, 6) is 1.42. The largest absolute Gasteiger partial charge is 0.356 e. The number of fused-ring (bicyclic) bond motifs is 2. The van der Waals surface area contributed by atoms with Gasteiger partial charge >= 0.3 is 0 Å². The smallest absolute Gasteiger partial charge is 0.252 e.